The first-order valence-electron chi connectivity index (χ1n) is 16.2. The maximum atomic E-state index is 13.5. The summed E-state index contributed by atoms with van der Waals surface area (Å²) in [5.74, 6) is -0.473. The van der Waals surface area contributed by atoms with E-state index in [2.05, 4.69) is 55.4 Å². The number of piperidine rings is 1. The number of nitrogens with zero attached hydrogens (tertiary/aromatic N) is 2. The zero-order valence-electron chi connectivity index (χ0n) is 28.8. The minimum atomic E-state index is -0.808. The highest BCUT2D eigenvalue weighted by molar-refractivity contribution is 6.02. The van der Waals surface area contributed by atoms with Crippen LogP contribution in [0.3, 0.4) is 0 Å². The molecule has 0 saturated carbocycles. The normalized spacial score (nSPS) is 14.6. The van der Waals surface area contributed by atoms with Gasteiger partial charge in [0, 0.05) is 37.4 Å². The smallest absolute Gasteiger partial charge is 0.414 e. The molecule has 256 valence electrons. The average molecular weight is 657 g/mol. The number of benzene rings is 3. The molecular weight excluding hydrogens is 608 g/mol. The molecule has 0 atom stereocenters. The maximum absolute atomic E-state index is 13.5. The van der Waals surface area contributed by atoms with Crippen molar-refractivity contribution in [2.75, 3.05) is 25.0 Å². The Kier molecular flexibility index (Phi) is 11.8. The molecule has 0 aromatic heterocycles. The summed E-state index contributed by atoms with van der Waals surface area (Å²) in [6.45, 7) is 13.4. The zero-order valence-corrected chi connectivity index (χ0v) is 28.8. The minimum absolute atomic E-state index is 0.204. The van der Waals surface area contributed by atoms with Gasteiger partial charge in [0.05, 0.1) is 11.2 Å². The van der Waals surface area contributed by atoms with Crippen LogP contribution in [0.15, 0.2) is 89.9 Å². The van der Waals surface area contributed by atoms with Crippen molar-refractivity contribution in [3.63, 3.8) is 0 Å². The fraction of sp³-hybridized carbons (Fsp3) is 0.405. The largest absolute Gasteiger partial charge is 0.444 e. The highest BCUT2D eigenvalue weighted by Crippen LogP contribution is 2.28. The lowest BCUT2D eigenvalue weighted by Gasteiger charge is -2.43. The molecule has 11 heteroatoms. The summed E-state index contributed by atoms with van der Waals surface area (Å²) in [7, 11) is 0. The molecule has 3 aromatic rings. The Hall–Kier alpha value is -4.90. The van der Waals surface area contributed by atoms with Crippen molar-refractivity contribution < 1.29 is 23.9 Å². The van der Waals surface area contributed by atoms with Crippen molar-refractivity contribution in [2.24, 2.45) is 4.99 Å². The van der Waals surface area contributed by atoms with Gasteiger partial charge < -0.3 is 20.1 Å². The summed E-state index contributed by atoms with van der Waals surface area (Å²) >= 11 is 0. The number of ether oxygens (including phenoxy) is 2. The number of hydrogen-bond acceptors (Lipinski definition) is 8. The second kappa shape index (κ2) is 15.8. The number of likely N-dealkylation sites (tertiary alicyclic amines) is 1. The summed E-state index contributed by atoms with van der Waals surface area (Å²) < 4.78 is 10.7. The highest BCUT2D eigenvalue weighted by atomic mass is 16.6. The molecule has 4 rings (SSSR count). The van der Waals surface area contributed by atoms with E-state index in [1.807, 2.05) is 36.4 Å². The molecule has 0 bridgehead atoms. The van der Waals surface area contributed by atoms with E-state index in [9.17, 15) is 14.4 Å². The first-order valence-corrected chi connectivity index (χ1v) is 16.2. The number of hydrogen-bond donors (Lipinski definition) is 4. The Morgan fingerprint density at radius 3 is 1.90 bits per heavy atom. The molecule has 0 unspecified atom stereocenters. The molecular formula is C37H48N6O5. The Bertz CT molecular complexity index is 1520. The fourth-order valence-corrected chi connectivity index (χ4v) is 5.24. The molecule has 1 heterocycles. The van der Waals surface area contributed by atoms with Crippen LogP contribution in [0.25, 0.3) is 0 Å². The van der Waals surface area contributed by atoms with E-state index < -0.39 is 23.4 Å². The predicted molar refractivity (Wildman–Crippen MR) is 188 cm³/mol. The van der Waals surface area contributed by atoms with Crippen LogP contribution in [-0.4, -0.2) is 65.3 Å². The van der Waals surface area contributed by atoms with Gasteiger partial charge in [-0.2, -0.15) is 0 Å². The van der Waals surface area contributed by atoms with E-state index in [1.165, 1.54) is 5.56 Å². The van der Waals surface area contributed by atoms with Crippen molar-refractivity contribution in [3.8, 4) is 0 Å². The average Bonchev–Trinajstić information content (AvgIpc) is 3.00. The lowest BCUT2D eigenvalue weighted by Crippen LogP contribution is -2.55. The Morgan fingerprint density at radius 2 is 1.33 bits per heavy atom. The molecule has 4 N–H and O–H groups in total. The molecule has 11 nitrogen and oxygen atoms in total. The third-order valence-electron chi connectivity index (χ3n) is 7.42. The van der Waals surface area contributed by atoms with Crippen molar-refractivity contribution in [3.05, 3.63) is 96.1 Å². The van der Waals surface area contributed by atoms with Crippen molar-refractivity contribution in [1.82, 2.24) is 20.9 Å². The van der Waals surface area contributed by atoms with Gasteiger partial charge in [0.2, 0.25) is 5.96 Å². The summed E-state index contributed by atoms with van der Waals surface area (Å²) in [6.07, 6.45) is 0.0690. The first kappa shape index (κ1) is 35.9. The van der Waals surface area contributed by atoms with Gasteiger partial charge in [-0.15, -0.1) is 0 Å². The lowest BCUT2D eigenvalue weighted by atomic mass is 9.86. The molecule has 0 spiro atoms. The molecule has 1 aliphatic heterocycles. The number of para-hydroxylation sites is 1. The molecule has 1 fully saturated rings. The van der Waals surface area contributed by atoms with Crippen LogP contribution in [0.5, 0.6) is 0 Å². The van der Waals surface area contributed by atoms with Gasteiger partial charge in [0.15, 0.2) is 0 Å². The molecule has 1 saturated heterocycles. The Morgan fingerprint density at radius 1 is 0.771 bits per heavy atom. The van der Waals surface area contributed by atoms with Crippen molar-refractivity contribution in [1.29, 1.82) is 0 Å². The number of carbonyl (C=O) groups excluding carboxylic acids is 3. The second-order valence-electron chi connectivity index (χ2n) is 14.0. The number of amides is 3. The van der Waals surface area contributed by atoms with Crippen LogP contribution in [0.2, 0.25) is 0 Å². The third-order valence-corrected chi connectivity index (χ3v) is 7.42. The molecule has 0 aliphatic carbocycles. The number of nitrogens with one attached hydrogen (secondary N) is 4. The van der Waals surface area contributed by atoms with Crippen LogP contribution in [-0.2, 0) is 16.0 Å². The van der Waals surface area contributed by atoms with Crippen LogP contribution < -0.4 is 21.3 Å². The predicted octanol–water partition coefficient (Wildman–Crippen LogP) is 6.60. The van der Waals surface area contributed by atoms with Crippen molar-refractivity contribution >= 4 is 35.4 Å². The van der Waals surface area contributed by atoms with Crippen molar-refractivity contribution in [2.45, 2.75) is 77.7 Å². The summed E-state index contributed by atoms with van der Waals surface area (Å²) in [5.41, 5.74) is 1.10. The van der Waals surface area contributed by atoms with Gasteiger partial charge in [0.25, 0.3) is 5.91 Å². The van der Waals surface area contributed by atoms with Gasteiger partial charge >= 0.3 is 12.2 Å². The van der Waals surface area contributed by atoms with Gasteiger partial charge in [-0.05, 0) is 90.3 Å². The van der Waals surface area contributed by atoms with E-state index in [0.29, 0.717) is 17.8 Å². The van der Waals surface area contributed by atoms with E-state index in [-0.39, 0.29) is 17.4 Å². The SMILES string of the molecule is CC(C)(C)OC(=O)NC(=Nc1cccc(C(=O)NCC2(Nc3ccccc3)CCN(Cc3ccccc3)CC2)c1)NC(=O)OC(C)(C)C. The Labute approximate surface area is 283 Å². The second-order valence-corrected chi connectivity index (χ2v) is 14.0. The maximum Gasteiger partial charge on any atom is 0.414 e. The Balaban J connectivity index is 1.47. The minimum Gasteiger partial charge on any atom is -0.444 e. The summed E-state index contributed by atoms with van der Waals surface area (Å²) in [4.78, 5) is 45.4. The van der Waals surface area contributed by atoms with Gasteiger partial charge in [-0.3, -0.25) is 20.3 Å². The van der Waals surface area contributed by atoms with Gasteiger partial charge in [0.1, 0.15) is 11.2 Å². The monoisotopic (exact) mass is 656 g/mol. The number of guanidine groups is 1. The number of rotatable bonds is 8. The van der Waals surface area contributed by atoms with Gasteiger partial charge in [-0.1, -0.05) is 54.6 Å². The topological polar surface area (TPSA) is 133 Å². The number of aliphatic imine (C=N–C) groups is 1. The standard InChI is InChI=1S/C37H48N6O5/c1-35(2,3)47-33(45)40-32(41-34(46)48-36(4,5)6)39-30-19-13-16-28(24-30)31(44)38-26-37(42-29-17-11-8-12-18-29)20-22-43(23-21-37)25-27-14-9-7-10-15-27/h7-19,24,42H,20-23,25-26H2,1-6H3,(H,38,44)(H2,39,40,41,45,46). The lowest BCUT2D eigenvalue weighted by molar-refractivity contribution is 0.0545. The van der Waals surface area contributed by atoms with E-state index in [0.717, 1.165) is 38.2 Å². The molecule has 3 aromatic carbocycles. The van der Waals surface area contributed by atoms with Gasteiger partial charge in [-0.25, -0.2) is 14.6 Å². The highest BCUT2D eigenvalue weighted by Gasteiger charge is 2.35. The van der Waals surface area contributed by atoms with Crippen LogP contribution in [0.1, 0.15) is 70.3 Å². The first-order chi connectivity index (χ1) is 22.7. The number of anilines is 1. The van der Waals surface area contributed by atoms with E-state index in [4.69, 9.17) is 9.47 Å². The number of alkyl carbamates (subject to hydrolysis) is 2. The fourth-order valence-electron chi connectivity index (χ4n) is 5.24. The zero-order chi connectivity index (χ0) is 34.8. The molecule has 0 radical (unpaired) electrons. The quantitative estimate of drug-likeness (QED) is 0.159. The van der Waals surface area contributed by atoms with E-state index >= 15 is 0 Å². The number of carbonyl (C=O) groups is 3. The van der Waals surface area contributed by atoms with Crippen LogP contribution in [0, 0.1) is 0 Å². The third kappa shape index (κ3) is 12.0. The summed E-state index contributed by atoms with van der Waals surface area (Å²) in [6, 6.07) is 27.1. The van der Waals surface area contributed by atoms with Crippen LogP contribution >= 0.6 is 0 Å². The van der Waals surface area contributed by atoms with Crippen LogP contribution in [0.4, 0.5) is 21.0 Å². The molecule has 1 aliphatic rings. The molecule has 48 heavy (non-hydrogen) atoms. The summed E-state index contributed by atoms with van der Waals surface area (Å²) in [5, 5.41) is 11.8. The van der Waals surface area contributed by atoms with E-state index in [1.54, 1.807) is 65.8 Å². The molecule has 3 amide bonds.